The summed E-state index contributed by atoms with van der Waals surface area (Å²) in [6.45, 7) is 3.59. The first-order valence-corrected chi connectivity index (χ1v) is 10.5. The van der Waals surface area contributed by atoms with Crippen molar-refractivity contribution < 1.29 is 14.3 Å². The average Bonchev–Trinajstić information content (AvgIpc) is 2.99. The molecule has 1 aliphatic heterocycles. The van der Waals surface area contributed by atoms with Crippen molar-refractivity contribution in [3.63, 3.8) is 0 Å². The minimum Gasteiger partial charge on any atom is -0.497 e. The number of likely N-dealkylation sites (N-methyl/N-ethyl adjacent to an activating group) is 1. The highest BCUT2D eigenvalue weighted by Gasteiger charge is 2.23. The smallest absolute Gasteiger partial charge is 0.255 e. The van der Waals surface area contributed by atoms with Crippen molar-refractivity contribution in [3.8, 4) is 5.75 Å². The van der Waals surface area contributed by atoms with Gasteiger partial charge >= 0.3 is 0 Å². The van der Waals surface area contributed by atoms with Crippen molar-refractivity contribution in [2.75, 3.05) is 46.9 Å². The van der Waals surface area contributed by atoms with Crippen molar-refractivity contribution >= 4 is 23.4 Å². The molecule has 7 heteroatoms. The summed E-state index contributed by atoms with van der Waals surface area (Å²) in [7, 11) is 3.45. The van der Waals surface area contributed by atoms with Gasteiger partial charge in [-0.25, -0.2) is 0 Å². The molecule has 0 bridgehead atoms. The summed E-state index contributed by atoms with van der Waals surface area (Å²) in [6, 6.07) is 14.8. The Morgan fingerprint density at radius 1 is 1.03 bits per heavy atom. The topological polar surface area (TPSA) is 53.1 Å². The largest absolute Gasteiger partial charge is 0.497 e. The maximum Gasteiger partial charge on any atom is 0.255 e. The molecule has 0 spiro atoms. The first-order valence-electron chi connectivity index (χ1n) is 10.1. The van der Waals surface area contributed by atoms with E-state index in [9.17, 15) is 9.59 Å². The number of carbonyl (C=O) groups is 2. The molecule has 6 nitrogen and oxygen atoms in total. The highest BCUT2D eigenvalue weighted by molar-refractivity contribution is 6.33. The van der Waals surface area contributed by atoms with Crippen LogP contribution >= 0.6 is 11.6 Å². The van der Waals surface area contributed by atoms with E-state index >= 15 is 0 Å². The molecule has 1 saturated heterocycles. The van der Waals surface area contributed by atoms with Crippen molar-refractivity contribution in [1.82, 2.24) is 14.7 Å². The number of amides is 2. The van der Waals surface area contributed by atoms with E-state index in [4.69, 9.17) is 16.3 Å². The number of methoxy groups -OCH3 is 1. The van der Waals surface area contributed by atoms with E-state index in [1.165, 1.54) is 0 Å². The highest BCUT2D eigenvalue weighted by atomic mass is 35.5. The molecule has 2 aromatic rings. The van der Waals surface area contributed by atoms with Crippen LogP contribution < -0.4 is 4.74 Å². The Labute approximate surface area is 183 Å². The molecule has 2 amide bonds. The first kappa shape index (κ1) is 22.1. The zero-order valence-corrected chi connectivity index (χ0v) is 18.3. The third-order valence-electron chi connectivity index (χ3n) is 5.34. The van der Waals surface area contributed by atoms with Crippen LogP contribution in [0.25, 0.3) is 0 Å². The monoisotopic (exact) mass is 429 g/mol. The van der Waals surface area contributed by atoms with E-state index in [0.717, 1.165) is 24.3 Å². The lowest BCUT2D eigenvalue weighted by Crippen LogP contribution is -2.40. The standard InChI is InChI=1S/C23H28ClN3O3/c1-25(16-18-8-10-19(30-2)11-9-18)22(28)17-26-12-5-13-27(15-14-26)23(29)20-6-3-4-7-21(20)24/h3-4,6-11H,5,12-17H2,1-2H3. The van der Waals surface area contributed by atoms with Crippen LogP contribution in [0.5, 0.6) is 5.75 Å². The van der Waals surface area contributed by atoms with Crippen LogP contribution in [0.15, 0.2) is 48.5 Å². The quantitative estimate of drug-likeness (QED) is 0.707. The maximum atomic E-state index is 12.8. The van der Waals surface area contributed by atoms with E-state index < -0.39 is 0 Å². The van der Waals surface area contributed by atoms with Crippen molar-refractivity contribution in [1.29, 1.82) is 0 Å². The van der Waals surface area contributed by atoms with Crippen LogP contribution in [0.3, 0.4) is 0 Å². The molecule has 3 rings (SSSR count). The maximum absolute atomic E-state index is 12.8. The molecule has 0 saturated carbocycles. The normalized spacial score (nSPS) is 14.8. The molecular formula is C23H28ClN3O3. The van der Waals surface area contributed by atoms with Gasteiger partial charge in [-0.1, -0.05) is 35.9 Å². The fraction of sp³-hybridized carbons (Fsp3) is 0.391. The number of nitrogens with zero attached hydrogens (tertiary/aromatic N) is 3. The molecule has 30 heavy (non-hydrogen) atoms. The van der Waals surface area contributed by atoms with Crippen molar-refractivity contribution in [2.45, 2.75) is 13.0 Å². The molecule has 0 aliphatic carbocycles. The van der Waals surface area contributed by atoms with Crippen LogP contribution in [-0.2, 0) is 11.3 Å². The Bertz CT molecular complexity index is 872. The van der Waals surface area contributed by atoms with Gasteiger partial charge < -0.3 is 14.5 Å². The van der Waals surface area contributed by atoms with E-state index in [0.29, 0.717) is 43.3 Å². The molecule has 1 fully saturated rings. The summed E-state index contributed by atoms with van der Waals surface area (Å²) in [4.78, 5) is 31.2. The third-order valence-corrected chi connectivity index (χ3v) is 5.67. The van der Waals surface area contributed by atoms with Crippen LogP contribution in [0.4, 0.5) is 0 Å². The van der Waals surface area contributed by atoms with Crippen LogP contribution in [0, 0.1) is 0 Å². The van der Waals surface area contributed by atoms with E-state index in [-0.39, 0.29) is 11.8 Å². The van der Waals surface area contributed by atoms with Crippen LogP contribution in [-0.4, -0.2) is 73.4 Å². The van der Waals surface area contributed by atoms with E-state index in [2.05, 4.69) is 4.90 Å². The molecule has 2 aromatic carbocycles. The van der Waals surface area contributed by atoms with Crippen LogP contribution in [0.2, 0.25) is 5.02 Å². The minimum atomic E-state index is -0.0506. The van der Waals surface area contributed by atoms with E-state index in [1.54, 1.807) is 24.1 Å². The Kier molecular flexibility index (Phi) is 7.71. The van der Waals surface area contributed by atoms with Gasteiger partial charge in [0, 0.05) is 39.8 Å². The molecule has 0 aromatic heterocycles. The molecule has 160 valence electrons. The van der Waals surface area contributed by atoms with Gasteiger partial charge in [0.25, 0.3) is 5.91 Å². The summed E-state index contributed by atoms with van der Waals surface area (Å²) < 4.78 is 5.17. The SMILES string of the molecule is COc1ccc(CN(C)C(=O)CN2CCCN(C(=O)c3ccccc3Cl)CC2)cc1. The zero-order valence-electron chi connectivity index (χ0n) is 17.5. The minimum absolute atomic E-state index is 0.0506. The van der Waals surface area contributed by atoms with E-state index in [1.807, 2.05) is 48.3 Å². The number of halogens is 1. The molecule has 0 atom stereocenters. The fourth-order valence-electron chi connectivity index (χ4n) is 3.54. The van der Waals surface area contributed by atoms with Gasteiger partial charge in [-0.05, 0) is 36.2 Å². The molecular weight excluding hydrogens is 402 g/mol. The second-order valence-electron chi connectivity index (χ2n) is 7.50. The average molecular weight is 430 g/mol. The Hall–Kier alpha value is -2.57. The van der Waals surface area contributed by atoms with Gasteiger partial charge in [-0.2, -0.15) is 0 Å². The molecule has 1 aliphatic rings. The highest BCUT2D eigenvalue weighted by Crippen LogP contribution is 2.18. The summed E-state index contributed by atoms with van der Waals surface area (Å²) in [5.74, 6) is 0.815. The Balaban J connectivity index is 1.51. The fourth-order valence-corrected chi connectivity index (χ4v) is 3.76. The first-order chi connectivity index (χ1) is 14.5. The van der Waals surface area contributed by atoms with Crippen molar-refractivity contribution in [3.05, 3.63) is 64.7 Å². The lowest BCUT2D eigenvalue weighted by Gasteiger charge is -2.24. The van der Waals surface area contributed by atoms with Crippen LogP contribution in [0.1, 0.15) is 22.3 Å². The summed E-state index contributed by atoms with van der Waals surface area (Å²) in [5, 5.41) is 0.471. The van der Waals surface area contributed by atoms with Crippen molar-refractivity contribution in [2.24, 2.45) is 0 Å². The Morgan fingerprint density at radius 3 is 2.47 bits per heavy atom. The third kappa shape index (κ3) is 5.74. The zero-order chi connectivity index (χ0) is 21.5. The number of benzene rings is 2. The van der Waals surface area contributed by atoms with Gasteiger partial charge in [0.1, 0.15) is 5.75 Å². The lowest BCUT2D eigenvalue weighted by atomic mass is 10.2. The summed E-state index contributed by atoms with van der Waals surface area (Å²) in [6.07, 6.45) is 0.825. The number of ether oxygens (including phenoxy) is 1. The molecule has 0 N–H and O–H groups in total. The summed E-state index contributed by atoms with van der Waals surface area (Å²) in [5.41, 5.74) is 1.59. The van der Waals surface area contributed by atoms with Gasteiger partial charge in [0.2, 0.25) is 5.91 Å². The molecule has 0 radical (unpaired) electrons. The van der Waals surface area contributed by atoms with Gasteiger partial charge in [-0.3, -0.25) is 14.5 Å². The lowest BCUT2D eigenvalue weighted by molar-refractivity contribution is -0.131. The molecule has 1 heterocycles. The number of hydrogen-bond acceptors (Lipinski definition) is 4. The number of rotatable bonds is 6. The number of hydrogen-bond donors (Lipinski definition) is 0. The van der Waals surface area contributed by atoms with Gasteiger partial charge in [-0.15, -0.1) is 0 Å². The predicted molar refractivity (Wildman–Crippen MR) is 118 cm³/mol. The summed E-state index contributed by atoms with van der Waals surface area (Å²) >= 11 is 6.18. The Morgan fingerprint density at radius 2 is 1.77 bits per heavy atom. The van der Waals surface area contributed by atoms with Gasteiger partial charge in [0.15, 0.2) is 0 Å². The second kappa shape index (κ2) is 10.5. The van der Waals surface area contributed by atoms with Gasteiger partial charge in [0.05, 0.1) is 24.2 Å². The number of carbonyl (C=O) groups excluding carboxylic acids is 2. The molecule has 0 unspecified atom stereocenters. The predicted octanol–water partition coefficient (Wildman–Crippen LogP) is 3.16. The second-order valence-corrected chi connectivity index (χ2v) is 7.91.